The van der Waals surface area contributed by atoms with Crippen molar-refractivity contribution in [1.82, 2.24) is 19.8 Å². The summed E-state index contributed by atoms with van der Waals surface area (Å²) >= 11 is 6.23. The van der Waals surface area contributed by atoms with Crippen LogP contribution in [-0.2, 0) is 11.3 Å². The lowest BCUT2D eigenvalue weighted by Crippen LogP contribution is -2.40. The predicted octanol–water partition coefficient (Wildman–Crippen LogP) is 4.97. The Labute approximate surface area is 228 Å². The number of amides is 1. The summed E-state index contributed by atoms with van der Waals surface area (Å²) in [6.07, 6.45) is 4.15. The van der Waals surface area contributed by atoms with Crippen LogP contribution in [0.1, 0.15) is 51.0 Å². The highest BCUT2D eigenvalue weighted by Crippen LogP contribution is 2.42. The Morgan fingerprint density at radius 3 is 2.63 bits per heavy atom. The van der Waals surface area contributed by atoms with Crippen molar-refractivity contribution in [2.45, 2.75) is 58.0 Å². The van der Waals surface area contributed by atoms with Gasteiger partial charge >= 0.3 is 0 Å². The van der Waals surface area contributed by atoms with Gasteiger partial charge in [0, 0.05) is 29.1 Å². The van der Waals surface area contributed by atoms with Crippen molar-refractivity contribution in [1.29, 1.82) is 5.26 Å². The highest BCUT2D eigenvalue weighted by Gasteiger charge is 2.33. The first-order valence-corrected chi connectivity index (χ1v) is 13.9. The van der Waals surface area contributed by atoms with Crippen LogP contribution in [0.15, 0.2) is 47.3 Å². The third kappa shape index (κ3) is 5.77. The molecule has 2 fully saturated rings. The lowest BCUT2D eigenvalue weighted by atomic mass is 9.71. The van der Waals surface area contributed by atoms with Gasteiger partial charge in [0.1, 0.15) is 12.4 Å². The van der Waals surface area contributed by atoms with E-state index >= 15 is 0 Å². The fraction of sp³-hybridized carbons (Fsp3) is 0.467. The number of nitrogens with one attached hydrogen (secondary N) is 1. The zero-order valence-corrected chi connectivity index (χ0v) is 22.7. The summed E-state index contributed by atoms with van der Waals surface area (Å²) in [4.78, 5) is 33.8. The van der Waals surface area contributed by atoms with Crippen LogP contribution in [0.4, 0.5) is 0 Å². The summed E-state index contributed by atoms with van der Waals surface area (Å²) in [6, 6.07) is 15.6. The average Bonchev–Trinajstić information content (AvgIpc) is 2.87. The normalized spacial score (nSPS) is 20.3. The lowest BCUT2D eigenvalue weighted by molar-refractivity contribution is -0.122. The molecule has 1 saturated carbocycles. The molecular weight excluding hydrogens is 498 g/mol. The zero-order valence-electron chi connectivity index (χ0n) is 22.0. The molecule has 3 aromatic rings. The van der Waals surface area contributed by atoms with Gasteiger partial charge in [0.25, 0.3) is 5.56 Å². The number of piperidine rings is 1. The topological polar surface area (TPSA) is 91.0 Å². The molecule has 7 nitrogen and oxygen atoms in total. The second-order valence-electron chi connectivity index (χ2n) is 11.1. The summed E-state index contributed by atoms with van der Waals surface area (Å²) in [5, 5.41) is 13.1. The van der Waals surface area contributed by atoms with E-state index in [1.807, 2.05) is 38.1 Å². The van der Waals surface area contributed by atoms with Gasteiger partial charge in [-0.3, -0.25) is 14.2 Å². The van der Waals surface area contributed by atoms with E-state index in [0.717, 1.165) is 50.9 Å². The van der Waals surface area contributed by atoms with Gasteiger partial charge in [0.2, 0.25) is 5.91 Å². The molecule has 2 heterocycles. The van der Waals surface area contributed by atoms with Gasteiger partial charge in [0.15, 0.2) is 0 Å². The van der Waals surface area contributed by atoms with E-state index in [1.165, 1.54) is 4.57 Å². The number of halogens is 1. The Kier molecular flexibility index (Phi) is 7.83. The number of rotatable bonds is 7. The lowest BCUT2D eigenvalue weighted by Gasteiger charge is -2.40. The van der Waals surface area contributed by atoms with Crippen LogP contribution in [0.25, 0.3) is 22.3 Å². The highest BCUT2D eigenvalue weighted by atomic mass is 35.5. The Bertz CT molecular complexity index is 1430. The van der Waals surface area contributed by atoms with Crippen LogP contribution in [0.2, 0.25) is 5.02 Å². The quantitative estimate of drug-likeness (QED) is 0.465. The number of carbonyl (C=O) groups excluding carboxylic acids is 1. The molecule has 1 aliphatic carbocycles. The standard InChI is InChI=1S/C30H34ClN5O2/c1-19(2)33-28(37)18-36-29(23-4-3-5-25(31)14-23)34-27-7-6-22(15-26(27)30(36)38)24-12-21(13-24)17-35-10-8-20(16-32)9-11-35/h3-7,14-15,19-21,24H,8-13,17-18H2,1-2H3,(H,33,37)/t21-,24-. The van der Waals surface area contributed by atoms with Gasteiger partial charge in [-0.2, -0.15) is 5.26 Å². The van der Waals surface area contributed by atoms with E-state index in [0.29, 0.717) is 39.1 Å². The third-order valence-corrected chi connectivity index (χ3v) is 8.04. The van der Waals surface area contributed by atoms with Crippen LogP contribution in [-0.4, -0.2) is 46.0 Å². The van der Waals surface area contributed by atoms with Crippen LogP contribution in [0.5, 0.6) is 0 Å². The Morgan fingerprint density at radius 1 is 1.18 bits per heavy atom. The summed E-state index contributed by atoms with van der Waals surface area (Å²) < 4.78 is 1.46. The molecule has 1 aromatic heterocycles. The van der Waals surface area contributed by atoms with Crippen molar-refractivity contribution in [2.24, 2.45) is 11.8 Å². The summed E-state index contributed by atoms with van der Waals surface area (Å²) in [5.41, 5.74) is 2.25. The molecule has 1 amide bonds. The fourth-order valence-corrected chi connectivity index (χ4v) is 5.96. The molecule has 2 aromatic carbocycles. The summed E-state index contributed by atoms with van der Waals surface area (Å²) in [7, 11) is 0. The molecule has 0 spiro atoms. The van der Waals surface area contributed by atoms with E-state index in [9.17, 15) is 9.59 Å². The summed E-state index contributed by atoms with van der Waals surface area (Å²) in [5.74, 6) is 1.48. The molecule has 8 heteroatoms. The SMILES string of the molecule is CC(C)NC(=O)Cn1c(-c2cccc(Cl)c2)nc2ccc([C@H]3C[C@H](CN4CCC(C#N)CC4)C3)cc2c1=O. The Morgan fingerprint density at radius 2 is 1.95 bits per heavy atom. The Hall–Kier alpha value is -3.21. The molecule has 38 heavy (non-hydrogen) atoms. The number of fused-ring (bicyclic) bond motifs is 1. The van der Waals surface area contributed by atoms with Crippen molar-refractivity contribution in [3.63, 3.8) is 0 Å². The molecule has 0 atom stereocenters. The van der Waals surface area contributed by atoms with E-state index in [4.69, 9.17) is 21.8 Å². The van der Waals surface area contributed by atoms with Crippen molar-refractivity contribution in [2.75, 3.05) is 19.6 Å². The second-order valence-corrected chi connectivity index (χ2v) is 11.5. The van der Waals surface area contributed by atoms with Crippen LogP contribution < -0.4 is 10.9 Å². The molecule has 1 aliphatic heterocycles. The number of likely N-dealkylation sites (tertiary alicyclic amines) is 1. The molecule has 0 bridgehead atoms. The first-order chi connectivity index (χ1) is 18.3. The minimum atomic E-state index is -0.233. The fourth-order valence-electron chi connectivity index (χ4n) is 5.77. The first-order valence-electron chi connectivity index (χ1n) is 13.5. The monoisotopic (exact) mass is 531 g/mol. The maximum atomic E-state index is 13.8. The van der Waals surface area contributed by atoms with E-state index in [2.05, 4.69) is 22.4 Å². The molecule has 0 unspecified atom stereocenters. The van der Waals surface area contributed by atoms with Crippen molar-refractivity contribution >= 4 is 28.4 Å². The van der Waals surface area contributed by atoms with Gasteiger partial charge < -0.3 is 10.2 Å². The number of nitrogens with zero attached hydrogens (tertiary/aromatic N) is 4. The molecule has 1 N–H and O–H groups in total. The molecule has 1 saturated heterocycles. The summed E-state index contributed by atoms with van der Waals surface area (Å²) in [6.45, 7) is 6.79. The predicted molar refractivity (Wildman–Crippen MR) is 150 cm³/mol. The number of nitriles is 1. The molecule has 198 valence electrons. The second kappa shape index (κ2) is 11.3. The minimum absolute atomic E-state index is 0.0305. The van der Waals surface area contributed by atoms with Crippen molar-refractivity contribution in [3.05, 3.63) is 63.4 Å². The van der Waals surface area contributed by atoms with Crippen molar-refractivity contribution < 1.29 is 4.79 Å². The maximum absolute atomic E-state index is 13.8. The molecule has 5 rings (SSSR count). The van der Waals surface area contributed by atoms with E-state index in [-0.39, 0.29) is 30.0 Å². The van der Waals surface area contributed by atoms with Gasteiger partial charge in [0.05, 0.1) is 17.0 Å². The van der Waals surface area contributed by atoms with Crippen LogP contribution in [0.3, 0.4) is 0 Å². The van der Waals surface area contributed by atoms with Crippen molar-refractivity contribution in [3.8, 4) is 17.5 Å². The molecule has 2 aliphatic rings. The van der Waals surface area contributed by atoms with Gasteiger partial charge in [-0.15, -0.1) is 0 Å². The van der Waals surface area contributed by atoms with Gasteiger partial charge in [-0.1, -0.05) is 29.8 Å². The molecular formula is C30H34ClN5O2. The number of benzene rings is 2. The van der Waals surface area contributed by atoms with Gasteiger partial charge in [-0.25, -0.2) is 4.98 Å². The minimum Gasteiger partial charge on any atom is -0.352 e. The molecule has 0 radical (unpaired) electrons. The number of carbonyl (C=O) groups is 1. The maximum Gasteiger partial charge on any atom is 0.262 e. The van der Waals surface area contributed by atoms with E-state index < -0.39 is 0 Å². The zero-order chi connectivity index (χ0) is 26.8. The van der Waals surface area contributed by atoms with Crippen LogP contribution >= 0.6 is 11.6 Å². The number of aromatic nitrogens is 2. The average molecular weight is 532 g/mol. The van der Waals surface area contributed by atoms with E-state index in [1.54, 1.807) is 12.1 Å². The van der Waals surface area contributed by atoms with Crippen LogP contribution in [0, 0.1) is 23.2 Å². The first kappa shape index (κ1) is 26.4. The smallest absolute Gasteiger partial charge is 0.262 e. The highest BCUT2D eigenvalue weighted by molar-refractivity contribution is 6.30. The number of hydrogen-bond acceptors (Lipinski definition) is 5. The van der Waals surface area contributed by atoms with Gasteiger partial charge in [-0.05, 0) is 94.3 Å². The third-order valence-electron chi connectivity index (χ3n) is 7.81. The number of hydrogen-bond donors (Lipinski definition) is 1. The Balaban J connectivity index is 1.39. The largest absolute Gasteiger partial charge is 0.352 e.